The van der Waals surface area contributed by atoms with Crippen LogP contribution in [0.1, 0.15) is 26.2 Å². The molecular weight excluding hydrogens is 254 g/mol. The van der Waals surface area contributed by atoms with Crippen molar-refractivity contribution in [1.29, 1.82) is 0 Å². The molecule has 110 valence electrons. The summed E-state index contributed by atoms with van der Waals surface area (Å²) in [5.41, 5.74) is 0.633. The minimum absolute atomic E-state index is 0.0226. The average molecular weight is 277 g/mol. The van der Waals surface area contributed by atoms with Gasteiger partial charge in [0.2, 0.25) is 11.8 Å². The summed E-state index contributed by atoms with van der Waals surface area (Å²) in [7, 11) is 1.55. The van der Waals surface area contributed by atoms with Crippen LogP contribution in [0.15, 0.2) is 18.3 Å². The van der Waals surface area contributed by atoms with Gasteiger partial charge >= 0.3 is 0 Å². The van der Waals surface area contributed by atoms with Gasteiger partial charge in [-0.15, -0.1) is 0 Å². The zero-order valence-corrected chi connectivity index (χ0v) is 12.2. The molecule has 2 rings (SSSR count). The van der Waals surface area contributed by atoms with Gasteiger partial charge in [-0.3, -0.25) is 4.79 Å². The topological polar surface area (TPSA) is 63.2 Å². The molecule has 5 nitrogen and oxygen atoms in total. The number of carbonyl (C=O) groups excluding carboxylic acids is 1. The van der Waals surface area contributed by atoms with Crippen LogP contribution in [0.2, 0.25) is 0 Å². The average Bonchev–Trinajstić information content (AvgIpc) is 2.48. The molecule has 2 heterocycles. The molecule has 0 spiro atoms. The molecule has 1 aliphatic rings. The Morgan fingerprint density at radius 1 is 1.65 bits per heavy atom. The van der Waals surface area contributed by atoms with E-state index in [1.165, 1.54) is 12.8 Å². The van der Waals surface area contributed by atoms with Gasteiger partial charge in [0, 0.05) is 12.6 Å². The maximum atomic E-state index is 12.1. The Bertz CT molecular complexity index is 444. The Morgan fingerprint density at radius 2 is 2.50 bits per heavy atom. The normalized spacial score (nSPS) is 20.2. The van der Waals surface area contributed by atoms with E-state index in [9.17, 15) is 4.79 Å². The van der Waals surface area contributed by atoms with Crippen molar-refractivity contribution in [1.82, 2.24) is 10.3 Å². The van der Waals surface area contributed by atoms with Gasteiger partial charge in [-0.1, -0.05) is 6.92 Å². The molecule has 1 aromatic heterocycles. The third-order valence-corrected chi connectivity index (χ3v) is 3.89. The molecule has 2 N–H and O–H groups in total. The van der Waals surface area contributed by atoms with E-state index >= 15 is 0 Å². The number of rotatable bonds is 5. The van der Waals surface area contributed by atoms with Gasteiger partial charge in [0.15, 0.2) is 0 Å². The van der Waals surface area contributed by atoms with Gasteiger partial charge in [-0.05, 0) is 49.9 Å². The summed E-state index contributed by atoms with van der Waals surface area (Å²) in [4.78, 5) is 16.2. The predicted molar refractivity (Wildman–Crippen MR) is 78.8 cm³/mol. The number of amides is 1. The monoisotopic (exact) mass is 277 g/mol. The summed E-state index contributed by atoms with van der Waals surface area (Å²) in [5.74, 6) is 1.44. The maximum Gasteiger partial charge on any atom is 0.237 e. The van der Waals surface area contributed by atoms with Gasteiger partial charge in [-0.25, -0.2) is 4.98 Å². The van der Waals surface area contributed by atoms with Gasteiger partial charge in [0.25, 0.3) is 0 Å². The van der Waals surface area contributed by atoms with Crippen LogP contribution >= 0.6 is 0 Å². The van der Waals surface area contributed by atoms with Crippen LogP contribution in [0.5, 0.6) is 5.88 Å². The smallest absolute Gasteiger partial charge is 0.237 e. The second-order valence-electron chi connectivity index (χ2n) is 5.40. The molecule has 0 radical (unpaired) electrons. The third-order valence-electron chi connectivity index (χ3n) is 3.89. The molecule has 2 unspecified atom stereocenters. The van der Waals surface area contributed by atoms with Crippen molar-refractivity contribution in [3.8, 4) is 5.88 Å². The number of pyridine rings is 1. The number of aromatic nitrogens is 1. The minimum Gasteiger partial charge on any atom is -0.480 e. The lowest BCUT2D eigenvalue weighted by atomic mass is 9.85. The molecule has 0 aliphatic carbocycles. The standard InChI is InChI=1S/C15H23N3O2/c1-11(12-5-3-7-16-10-12)9-14(19)18-13-6-4-8-17-15(13)20-2/h4,6,8,11-12,16H,3,5,7,9-10H2,1-2H3,(H,18,19). The molecule has 1 amide bonds. The SMILES string of the molecule is COc1ncccc1NC(=O)CC(C)C1CCCNC1. The first-order valence-corrected chi connectivity index (χ1v) is 7.20. The molecule has 1 fully saturated rings. The lowest BCUT2D eigenvalue weighted by molar-refractivity contribution is -0.117. The number of nitrogens with zero attached hydrogens (tertiary/aromatic N) is 1. The van der Waals surface area contributed by atoms with Crippen LogP contribution in [0.4, 0.5) is 5.69 Å². The number of methoxy groups -OCH3 is 1. The molecule has 5 heteroatoms. The second-order valence-corrected chi connectivity index (χ2v) is 5.40. The van der Waals surface area contributed by atoms with E-state index in [4.69, 9.17) is 4.74 Å². The van der Waals surface area contributed by atoms with Crippen LogP contribution in [0.3, 0.4) is 0 Å². The van der Waals surface area contributed by atoms with Crippen molar-refractivity contribution in [3.63, 3.8) is 0 Å². The number of ether oxygens (including phenoxy) is 1. The van der Waals surface area contributed by atoms with Crippen molar-refractivity contribution >= 4 is 11.6 Å². The quantitative estimate of drug-likeness (QED) is 0.864. The lowest BCUT2D eigenvalue weighted by Gasteiger charge is -2.28. The van der Waals surface area contributed by atoms with E-state index < -0.39 is 0 Å². The van der Waals surface area contributed by atoms with E-state index in [0.717, 1.165) is 13.1 Å². The number of hydrogen-bond acceptors (Lipinski definition) is 4. The highest BCUT2D eigenvalue weighted by Gasteiger charge is 2.22. The van der Waals surface area contributed by atoms with Gasteiger partial charge in [0.05, 0.1) is 7.11 Å². The Hall–Kier alpha value is -1.62. The van der Waals surface area contributed by atoms with E-state index in [1.807, 2.05) is 0 Å². The molecule has 0 aromatic carbocycles. The summed E-state index contributed by atoms with van der Waals surface area (Å²) < 4.78 is 5.13. The first-order chi connectivity index (χ1) is 9.70. The molecule has 0 bridgehead atoms. The molecule has 1 aromatic rings. The van der Waals surface area contributed by atoms with Gasteiger partial charge < -0.3 is 15.4 Å². The van der Waals surface area contributed by atoms with Crippen LogP contribution in [0, 0.1) is 11.8 Å². The van der Waals surface area contributed by atoms with Crippen molar-refractivity contribution in [2.24, 2.45) is 11.8 Å². The molecule has 1 saturated heterocycles. The fraction of sp³-hybridized carbons (Fsp3) is 0.600. The van der Waals surface area contributed by atoms with E-state index in [2.05, 4.69) is 22.5 Å². The van der Waals surface area contributed by atoms with Gasteiger partial charge in [0.1, 0.15) is 5.69 Å². The zero-order valence-electron chi connectivity index (χ0n) is 12.2. The summed E-state index contributed by atoms with van der Waals surface area (Å²) in [5, 5.41) is 6.28. The maximum absolute atomic E-state index is 12.1. The Balaban J connectivity index is 1.88. The highest BCUT2D eigenvalue weighted by atomic mass is 16.5. The number of carbonyl (C=O) groups is 1. The zero-order chi connectivity index (χ0) is 14.4. The summed E-state index contributed by atoms with van der Waals surface area (Å²) in [6.07, 6.45) is 4.58. The van der Waals surface area contributed by atoms with Crippen molar-refractivity contribution in [3.05, 3.63) is 18.3 Å². The Morgan fingerprint density at radius 3 is 3.20 bits per heavy atom. The van der Waals surface area contributed by atoms with Crippen LogP contribution in [0.25, 0.3) is 0 Å². The van der Waals surface area contributed by atoms with Crippen LogP contribution in [-0.4, -0.2) is 31.1 Å². The second kappa shape index (κ2) is 7.24. The largest absolute Gasteiger partial charge is 0.480 e. The van der Waals surface area contributed by atoms with Crippen molar-refractivity contribution in [2.75, 3.05) is 25.5 Å². The molecule has 1 aliphatic heterocycles. The molecular formula is C15H23N3O2. The van der Waals surface area contributed by atoms with Crippen LogP contribution in [-0.2, 0) is 4.79 Å². The van der Waals surface area contributed by atoms with E-state index in [1.54, 1.807) is 25.4 Å². The molecule has 20 heavy (non-hydrogen) atoms. The van der Waals surface area contributed by atoms with E-state index in [0.29, 0.717) is 29.8 Å². The minimum atomic E-state index is 0.0226. The Labute approximate surface area is 120 Å². The highest BCUT2D eigenvalue weighted by molar-refractivity contribution is 5.91. The summed E-state index contributed by atoms with van der Waals surface area (Å²) in [6, 6.07) is 3.59. The summed E-state index contributed by atoms with van der Waals surface area (Å²) >= 11 is 0. The summed E-state index contributed by atoms with van der Waals surface area (Å²) in [6.45, 7) is 4.27. The van der Waals surface area contributed by atoms with Crippen molar-refractivity contribution in [2.45, 2.75) is 26.2 Å². The van der Waals surface area contributed by atoms with Gasteiger partial charge in [-0.2, -0.15) is 0 Å². The third kappa shape index (κ3) is 3.93. The first-order valence-electron chi connectivity index (χ1n) is 7.20. The number of anilines is 1. The van der Waals surface area contributed by atoms with E-state index in [-0.39, 0.29) is 5.91 Å². The lowest BCUT2D eigenvalue weighted by Crippen LogP contribution is -2.34. The van der Waals surface area contributed by atoms with Crippen LogP contribution < -0.4 is 15.4 Å². The highest BCUT2D eigenvalue weighted by Crippen LogP contribution is 2.24. The number of hydrogen-bond donors (Lipinski definition) is 2. The fourth-order valence-corrected chi connectivity index (χ4v) is 2.67. The first kappa shape index (κ1) is 14.8. The fourth-order valence-electron chi connectivity index (χ4n) is 2.67. The van der Waals surface area contributed by atoms with Crippen molar-refractivity contribution < 1.29 is 9.53 Å². The Kier molecular flexibility index (Phi) is 5.35. The molecule has 2 atom stereocenters. The number of piperidine rings is 1. The predicted octanol–water partition coefficient (Wildman–Crippen LogP) is 2.05. The molecule has 0 saturated carbocycles. The number of nitrogens with one attached hydrogen (secondary N) is 2.